The fraction of sp³-hybridized carbons (Fsp3) is 0.231. The predicted molar refractivity (Wildman–Crippen MR) is 71.7 cm³/mol. The van der Waals surface area contributed by atoms with Crippen LogP contribution in [0.4, 0.5) is 0 Å². The van der Waals surface area contributed by atoms with Crippen LogP contribution in [0.25, 0.3) is 0 Å². The number of hydrazone groups is 2. The first kappa shape index (κ1) is 12.9. The predicted octanol–water partition coefficient (Wildman–Crippen LogP) is 0.711. The first-order valence-electron chi connectivity index (χ1n) is 5.86. The van der Waals surface area contributed by atoms with Crippen molar-refractivity contribution in [3.05, 3.63) is 35.4 Å². The van der Waals surface area contributed by atoms with Gasteiger partial charge in [0.1, 0.15) is 0 Å². The number of hydrogen-bond donors (Lipinski definition) is 2. The van der Waals surface area contributed by atoms with Crippen molar-refractivity contribution >= 4 is 23.7 Å². The lowest BCUT2D eigenvalue weighted by atomic mass is 10.2. The Bertz CT molecular complexity index is 546. The van der Waals surface area contributed by atoms with E-state index in [4.69, 9.17) is 0 Å². The number of nitrogens with zero attached hydrogens (tertiary/aromatic N) is 2. The number of rotatable bonds is 4. The molecule has 0 bridgehead atoms. The third-order valence-corrected chi connectivity index (χ3v) is 2.55. The van der Waals surface area contributed by atoms with Crippen molar-refractivity contribution in [3.8, 4) is 0 Å². The van der Waals surface area contributed by atoms with Crippen LogP contribution in [0.3, 0.4) is 0 Å². The van der Waals surface area contributed by atoms with Gasteiger partial charge in [0.05, 0.1) is 24.8 Å². The summed E-state index contributed by atoms with van der Waals surface area (Å²) in [5, 5.41) is 7.58. The molecule has 0 saturated heterocycles. The van der Waals surface area contributed by atoms with E-state index in [1.54, 1.807) is 6.21 Å². The second kappa shape index (κ2) is 5.90. The summed E-state index contributed by atoms with van der Waals surface area (Å²) in [6.07, 6.45) is 1.82. The number of nitrogens with one attached hydrogen (secondary N) is 2. The van der Waals surface area contributed by atoms with Crippen LogP contribution >= 0.6 is 0 Å². The minimum absolute atomic E-state index is 0.0734. The zero-order chi connectivity index (χ0) is 13.7. The van der Waals surface area contributed by atoms with Crippen LogP contribution in [0.2, 0.25) is 0 Å². The molecule has 0 aromatic heterocycles. The van der Waals surface area contributed by atoms with Gasteiger partial charge in [0.2, 0.25) is 11.8 Å². The maximum absolute atomic E-state index is 11.5. The van der Waals surface area contributed by atoms with Crippen LogP contribution in [-0.2, 0) is 9.59 Å². The van der Waals surface area contributed by atoms with Crippen LogP contribution in [0.1, 0.15) is 24.0 Å². The average Bonchev–Trinajstić information content (AvgIpc) is 2.77. The zero-order valence-corrected chi connectivity index (χ0v) is 10.5. The van der Waals surface area contributed by atoms with Gasteiger partial charge in [-0.25, -0.2) is 10.9 Å². The lowest BCUT2D eigenvalue weighted by Gasteiger charge is -1.98. The summed E-state index contributed by atoms with van der Waals surface area (Å²) in [5.41, 5.74) is 7.28. The molecule has 2 N–H and O–H groups in total. The van der Waals surface area contributed by atoms with Crippen LogP contribution < -0.4 is 10.9 Å². The molecule has 2 rings (SSSR count). The second-order valence-electron chi connectivity index (χ2n) is 4.27. The molecule has 0 atom stereocenters. The molecule has 0 unspecified atom stereocenters. The van der Waals surface area contributed by atoms with Gasteiger partial charge in [0, 0.05) is 0 Å². The minimum Gasteiger partial charge on any atom is -0.273 e. The average molecular weight is 258 g/mol. The quantitative estimate of drug-likeness (QED) is 0.616. The molecule has 19 heavy (non-hydrogen) atoms. The maximum Gasteiger partial charge on any atom is 0.245 e. The largest absolute Gasteiger partial charge is 0.273 e. The lowest BCUT2D eigenvalue weighted by molar-refractivity contribution is -0.119. The molecule has 1 heterocycles. The topological polar surface area (TPSA) is 82.9 Å². The molecular weight excluding hydrogens is 244 g/mol. The Hall–Kier alpha value is -2.50. The van der Waals surface area contributed by atoms with Gasteiger partial charge >= 0.3 is 0 Å². The Morgan fingerprint density at radius 3 is 2.84 bits per heavy atom. The van der Waals surface area contributed by atoms with E-state index >= 15 is 0 Å². The first-order chi connectivity index (χ1) is 9.13. The Morgan fingerprint density at radius 2 is 2.21 bits per heavy atom. The van der Waals surface area contributed by atoms with Gasteiger partial charge in [-0.15, -0.1) is 0 Å². The van der Waals surface area contributed by atoms with Gasteiger partial charge < -0.3 is 0 Å². The summed E-state index contributed by atoms with van der Waals surface area (Å²) in [6.45, 7) is 2.00. The highest BCUT2D eigenvalue weighted by Gasteiger charge is 2.16. The van der Waals surface area contributed by atoms with Crippen LogP contribution in [-0.4, -0.2) is 23.7 Å². The summed E-state index contributed by atoms with van der Waals surface area (Å²) in [6, 6.07) is 7.75. The monoisotopic (exact) mass is 258 g/mol. The van der Waals surface area contributed by atoms with Crippen LogP contribution in [0, 0.1) is 6.92 Å². The first-order valence-corrected chi connectivity index (χ1v) is 5.86. The smallest absolute Gasteiger partial charge is 0.245 e. The number of carbonyl (C=O) groups excluding carboxylic acids is 2. The van der Waals surface area contributed by atoms with Gasteiger partial charge in [0.15, 0.2) is 0 Å². The summed E-state index contributed by atoms with van der Waals surface area (Å²) < 4.78 is 0. The third kappa shape index (κ3) is 4.02. The van der Waals surface area contributed by atoms with Crippen molar-refractivity contribution in [2.45, 2.75) is 19.8 Å². The zero-order valence-electron chi connectivity index (χ0n) is 10.5. The SMILES string of the molecule is Cc1ccc(C=NNC(=O)CC2=NNC(=O)C2)cc1. The molecule has 6 heteroatoms. The van der Waals surface area contributed by atoms with Crippen molar-refractivity contribution < 1.29 is 9.59 Å². The fourth-order valence-electron chi connectivity index (χ4n) is 1.56. The van der Waals surface area contributed by atoms with E-state index in [1.807, 2.05) is 31.2 Å². The lowest BCUT2D eigenvalue weighted by Crippen LogP contribution is -2.20. The molecule has 1 aromatic carbocycles. The molecule has 1 aliphatic heterocycles. The number of aryl methyl sites for hydroxylation is 1. The Kier molecular flexibility index (Phi) is 4.02. The summed E-state index contributed by atoms with van der Waals surface area (Å²) >= 11 is 0. The molecule has 6 nitrogen and oxygen atoms in total. The number of hydrogen-bond acceptors (Lipinski definition) is 4. The van der Waals surface area contributed by atoms with E-state index in [1.165, 1.54) is 0 Å². The molecule has 1 aromatic rings. The van der Waals surface area contributed by atoms with Crippen LogP contribution in [0.5, 0.6) is 0 Å². The standard InChI is InChI=1S/C13H14N4O2/c1-9-2-4-10(5-3-9)8-14-16-12(18)6-11-7-13(19)17-15-11/h2-5,8H,6-7H2,1H3,(H,16,18)(H,17,19). The molecule has 0 aliphatic carbocycles. The van der Waals surface area contributed by atoms with Gasteiger partial charge in [-0.1, -0.05) is 29.8 Å². The van der Waals surface area contributed by atoms with Crippen molar-refractivity contribution in [1.29, 1.82) is 0 Å². The molecular formula is C13H14N4O2. The van der Waals surface area contributed by atoms with E-state index in [0.29, 0.717) is 5.71 Å². The second-order valence-corrected chi connectivity index (χ2v) is 4.27. The fourth-order valence-corrected chi connectivity index (χ4v) is 1.56. The highest BCUT2D eigenvalue weighted by Crippen LogP contribution is 2.01. The molecule has 1 aliphatic rings. The maximum atomic E-state index is 11.5. The molecule has 0 fully saturated rings. The highest BCUT2D eigenvalue weighted by atomic mass is 16.2. The van der Waals surface area contributed by atoms with Crippen molar-refractivity contribution in [2.24, 2.45) is 10.2 Å². The normalized spacial score (nSPS) is 14.4. The van der Waals surface area contributed by atoms with E-state index in [2.05, 4.69) is 21.1 Å². The Balaban J connectivity index is 1.80. The molecule has 0 radical (unpaired) electrons. The van der Waals surface area contributed by atoms with Gasteiger partial charge in [0.25, 0.3) is 0 Å². The Labute approximate surface area is 110 Å². The van der Waals surface area contributed by atoms with E-state index in [-0.39, 0.29) is 24.7 Å². The van der Waals surface area contributed by atoms with Crippen molar-refractivity contribution in [3.63, 3.8) is 0 Å². The van der Waals surface area contributed by atoms with E-state index in [9.17, 15) is 9.59 Å². The number of carbonyl (C=O) groups is 2. The summed E-state index contributed by atoms with van der Waals surface area (Å²) in [7, 11) is 0. The molecule has 0 saturated carbocycles. The highest BCUT2D eigenvalue weighted by molar-refractivity contribution is 6.11. The van der Waals surface area contributed by atoms with Crippen molar-refractivity contribution in [2.75, 3.05) is 0 Å². The van der Waals surface area contributed by atoms with Gasteiger partial charge in [-0.05, 0) is 12.5 Å². The molecule has 98 valence electrons. The minimum atomic E-state index is -0.293. The van der Waals surface area contributed by atoms with Crippen molar-refractivity contribution in [1.82, 2.24) is 10.9 Å². The molecule has 2 amide bonds. The number of benzene rings is 1. The van der Waals surface area contributed by atoms with E-state index < -0.39 is 0 Å². The summed E-state index contributed by atoms with van der Waals surface area (Å²) in [5.74, 6) is -0.482. The third-order valence-electron chi connectivity index (χ3n) is 2.55. The van der Waals surface area contributed by atoms with Gasteiger partial charge in [-0.3, -0.25) is 9.59 Å². The molecule has 0 spiro atoms. The van der Waals surface area contributed by atoms with E-state index in [0.717, 1.165) is 11.1 Å². The van der Waals surface area contributed by atoms with Gasteiger partial charge in [-0.2, -0.15) is 10.2 Å². The summed E-state index contributed by atoms with van der Waals surface area (Å²) in [4.78, 5) is 22.4. The Morgan fingerprint density at radius 1 is 1.47 bits per heavy atom. The van der Waals surface area contributed by atoms with Crippen LogP contribution in [0.15, 0.2) is 34.5 Å². The number of amides is 2.